The Morgan fingerprint density at radius 1 is 0.903 bits per heavy atom. The van der Waals surface area contributed by atoms with Crippen molar-refractivity contribution in [2.75, 3.05) is 13.2 Å². The average molecular weight is 413 g/mol. The van der Waals surface area contributed by atoms with Crippen molar-refractivity contribution in [1.29, 1.82) is 0 Å². The van der Waals surface area contributed by atoms with Gasteiger partial charge >= 0.3 is 5.97 Å². The van der Waals surface area contributed by atoms with Gasteiger partial charge in [0.1, 0.15) is 24.7 Å². The standard InChI is InChI=1S/C26H23NO4/c1-18-11-12-19(2)24(15-18)30-14-13-29-22-10-6-7-20(16-22)17-23-26(28)31-25(27-23)21-8-4-3-5-9-21/h3-12,15-17H,13-14H2,1-2H3/b23-17+. The molecule has 0 saturated heterocycles. The molecule has 31 heavy (non-hydrogen) atoms. The van der Waals surface area contributed by atoms with Crippen molar-refractivity contribution in [2.45, 2.75) is 13.8 Å². The number of cyclic esters (lactones) is 1. The van der Waals surface area contributed by atoms with Crippen LogP contribution in [0.3, 0.4) is 0 Å². The minimum atomic E-state index is -0.466. The molecule has 1 aliphatic heterocycles. The smallest absolute Gasteiger partial charge is 0.363 e. The van der Waals surface area contributed by atoms with Gasteiger partial charge in [-0.05, 0) is 66.9 Å². The molecule has 0 atom stereocenters. The molecule has 3 aromatic rings. The van der Waals surface area contributed by atoms with Crippen molar-refractivity contribution in [3.05, 3.63) is 101 Å². The van der Waals surface area contributed by atoms with E-state index in [1.165, 1.54) is 0 Å². The van der Waals surface area contributed by atoms with Crippen LogP contribution in [0.2, 0.25) is 0 Å². The van der Waals surface area contributed by atoms with Gasteiger partial charge in [-0.3, -0.25) is 0 Å². The van der Waals surface area contributed by atoms with Gasteiger partial charge in [-0.2, -0.15) is 0 Å². The van der Waals surface area contributed by atoms with E-state index in [9.17, 15) is 4.79 Å². The van der Waals surface area contributed by atoms with Crippen LogP contribution in [0.15, 0.2) is 83.5 Å². The lowest BCUT2D eigenvalue weighted by Crippen LogP contribution is -2.09. The first-order chi connectivity index (χ1) is 15.1. The van der Waals surface area contributed by atoms with Crippen LogP contribution in [0.1, 0.15) is 22.3 Å². The van der Waals surface area contributed by atoms with Gasteiger partial charge < -0.3 is 14.2 Å². The first-order valence-corrected chi connectivity index (χ1v) is 10.1. The Morgan fingerprint density at radius 2 is 1.71 bits per heavy atom. The highest BCUT2D eigenvalue weighted by atomic mass is 16.6. The van der Waals surface area contributed by atoms with Crippen LogP contribution in [0.4, 0.5) is 0 Å². The van der Waals surface area contributed by atoms with Gasteiger partial charge in [-0.15, -0.1) is 0 Å². The maximum absolute atomic E-state index is 12.2. The van der Waals surface area contributed by atoms with Crippen molar-refractivity contribution in [1.82, 2.24) is 0 Å². The van der Waals surface area contributed by atoms with E-state index in [1.807, 2.05) is 80.6 Å². The van der Waals surface area contributed by atoms with E-state index in [0.717, 1.165) is 28.0 Å². The number of rotatable bonds is 7. The number of carbonyl (C=O) groups excluding carboxylic acids is 1. The Balaban J connectivity index is 1.38. The number of ether oxygens (including phenoxy) is 3. The van der Waals surface area contributed by atoms with Crippen LogP contribution >= 0.6 is 0 Å². The molecule has 4 rings (SSSR count). The van der Waals surface area contributed by atoms with E-state index in [2.05, 4.69) is 11.1 Å². The average Bonchev–Trinajstić information content (AvgIpc) is 3.14. The van der Waals surface area contributed by atoms with Crippen molar-refractivity contribution in [3.63, 3.8) is 0 Å². The molecule has 0 saturated carbocycles. The zero-order valence-corrected chi connectivity index (χ0v) is 17.5. The molecular weight excluding hydrogens is 390 g/mol. The predicted octanol–water partition coefficient (Wildman–Crippen LogP) is 5.11. The molecule has 0 N–H and O–H groups in total. The van der Waals surface area contributed by atoms with Crippen LogP contribution < -0.4 is 9.47 Å². The zero-order chi connectivity index (χ0) is 21.6. The zero-order valence-electron chi connectivity index (χ0n) is 17.5. The Labute approximate surface area is 181 Å². The molecule has 0 radical (unpaired) electrons. The van der Waals surface area contributed by atoms with E-state index in [0.29, 0.717) is 24.9 Å². The number of esters is 1. The van der Waals surface area contributed by atoms with E-state index in [-0.39, 0.29) is 5.70 Å². The quantitative estimate of drug-likeness (QED) is 0.307. The highest BCUT2D eigenvalue weighted by Crippen LogP contribution is 2.22. The number of hydrogen-bond donors (Lipinski definition) is 0. The van der Waals surface area contributed by atoms with Crippen LogP contribution in [-0.2, 0) is 9.53 Å². The molecular formula is C26H23NO4. The molecule has 0 aromatic heterocycles. The van der Waals surface area contributed by atoms with Crippen LogP contribution in [0.25, 0.3) is 6.08 Å². The molecule has 0 bridgehead atoms. The van der Waals surface area contributed by atoms with Crippen molar-refractivity contribution in [2.24, 2.45) is 4.99 Å². The number of carbonyl (C=O) groups is 1. The molecule has 156 valence electrons. The number of nitrogens with zero attached hydrogens (tertiary/aromatic N) is 1. The van der Waals surface area contributed by atoms with E-state index in [4.69, 9.17) is 14.2 Å². The second-order valence-electron chi connectivity index (χ2n) is 7.24. The third-order valence-electron chi connectivity index (χ3n) is 4.76. The molecule has 5 nitrogen and oxygen atoms in total. The maximum atomic E-state index is 12.2. The Hall–Kier alpha value is -3.86. The minimum absolute atomic E-state index is 0.259. The molecule has 0 spiro atoms. The Morgan fingerprint density at radius 3 is 2.55 bits per heavy atom. The summed E-state index contributed by atoms with van der Waals surface area (Å²) in [6, 6.07) is 23.0. The second-order valence-corrected chi connectivity index (χ2v) is 7.24. The highest BCUT2D eigenvalue weighted by molar-refractivity contribution is 6.12. The van der Waals surface area contributed by atoms with Crippen molar-refractivity contribution < 1.29 is 19.0 Å². The number of hydrogen-bond acceptors (Lipinski definition) is 5. The first-order valence-electron chi connectivity index (χ1n) is 10.1. The summed E-state index contributed by atoms with van der Waals surface area (Å²) in [6.45, 7) is 4.90. The number of aryl methyl sites for hydroxylation is 2. The third-order valence-corrected chi connectivity index (χ3v) is 4.76. The normalized spacial score (nSPS) is 14.3. The van der Waals surface area contributed by atoms with E-state index < -0.39 is 5.97 Å². The topological polar surface area (TPSA) is 57.1 Å². The fraction of sp³-hybridized carbons (Fsp3) is 0.154. The van der Waals surface area contributed by atoms with Crippen LogP contribution in [-0.4, -0.2) is 25.1 Å². The summed E-state index contributed by atoms with van der Waals surface area (Å²) < 4.78 is 16.9. The lowest BCUT2D eigenvalue weighted by atomic mass is 10.1. The highest BCUT2D eigenvalue weighted by Gasteiger charge is 2.23. The van der Waals surface area contributed by atoms with Gasteiger partial charge in [-0.1, -0.05) is 42.5 Å². The molecule has 5 heteroatoms. The van der Waals surface area contributed by atoms with Gasteiger partial charge in [0.05, 0.1) is 0 Å². The maximum Gasteiger partial charge on any atom is 0.363 e. The summed E-state index contributed by atoms with van der Waals surface area (Å²) in [5, 5.41) is 0. The summed E-state index contributed by atoms with van der Waals surface area (Å²) in [5.41, 5.74) is 4.08. The summed E-state index contributed by atoms with van der Waals surface area (Å²) in [6.07, 6.45) is 1.69. The molecule has 0 unspecified atom stereocenters. The molecule has 1 heterocycles. The Kier molecular flexibility index (Phi) is 6.13. The van der Waals surface area contributed by atoms with E-state index in [1.54, 1.807) is 6.08 Å². The summed E-state index contributed by atoms with van der Waals surface area (Å²) in [4.78, 5) is 16.5. The summed E-state index contributed by atoms with van der Waals surface area (Å²) in [5.74, 6) is 1.41. The molecule has 0 aliphatic carbocycles. The lowest BCUT2D eigenvalue weighted by molar-refractivity contribution is -0.129. The number of aliphatic imine (C=N–C) groups is 1. The predicted molar refractivity (Wildman–Crippen MR) is 120 cm³/mol. The fourth-order valence-electron chi connectivity index (χ4n) is 3.14. The van der Waals surface area contributed by atoms with Gasteiger partial charge in [0.2, 0.25) is 5.90 Å². The second kappa shape index (κ2) is 9.30. The van der Waals surface area contributed by atoms with Gasteiger partial charge in [0.15, 0.2) is 5.70 Å². The number of benzene rings is 3. The summed E-state index contributed by atoms with van der Waals surface area (Å²) in [7, 11) is 0. The Bertz CT molecular complexity index is 1150. The van der Waals surface area contributed by atoms with Crippen LogP contribution in [0.5, 0.6) is 11.5 Å². The minimum Gasteiger partial charge on any atom is -0.490 e. The van der Waals surface area contributed by atoms with Gasteiger partial charge in [0.25, 0.3) is 0 Å². The van der Waals surface area contributed by atoms with Crippen molar-refractivity contribution in [3.8, 4) is 11.5 Å². The molecule has 0 fully saturated rings. The monoisotopic (exact) mass is 413 g/mol. The largest absolute Gasteiger partial charge is 0.490 e. The molecule has 0 amide bonds. The van der Waals surface area contributed by atoms with E-state index >= 15 is 0 Å². The van der Waals surface area contributed by atoms with Gasteiger partial charge in [-0.25, -0.2) is 9.79 Å². The SMILES string of the molecule is Cc1ccc(C)c(OCCOc2cccc(/C=C3/N=C(c4ccccc4)OC3=O)c2)c1. The van der Waals surface area contributed by atoms with Gasteiger partial charge in [0, 0.05) is 5.56 Å². The first kappa shape index (κ1) is 20.4. The van der Waals surface area contributed by atoms with Crippen molar-refractivity contribution >= 4 is 17.9 Å². The summed E-state index contributed by atoms with van der Waals surface area (Å²) >= 11 is 0. The molecule has 1 aliphatic rings. The molecule has 3 aromatic carbocycles. The fourth-order valence-corrected chi connectivity index (χ4v) is 3.14. The lowest BCUT2D eigenvalue weighted by Gasteiger charge is -2.11. The third kappa shape index (κ3) is 5.20. The van der Waals surface area contributed by atoms with Crippen LogP contribution in [0, 0.1) is 13.8 Å².